The predicted octanol–water partition coefficient (Wildman–Crippen LogP) is 5.49. The Kier molecular flexibility index (Phi) is 6.05. The SMILES string of the molecule is CC1CC(C(=O)Nc2c[nH]c3ccc(OCC[C@H]4C[C@@H]5CN[C@@H](CC(F)(F)F)[C@H]5C4)cc23)C1. The van der Waals surface area contributed by atoms with Crippen LogP contribution in [-0.4, -0.2) is 36.3 Å². The Labute approximate surface area is 191 Å². The first kappa shape index (κ1) is 22.6. The molecule has 1 aliphatic heterocycles. The number of nitrogens with one attached hydrogen (secondary N) is 3. The number of carbonyl (C=O) groups is 1. The van der Waals surface area contributed by atoms with Crippen molar-refractivity contribution < 1.29 is 22.7 Å². The number of rotatable bonds is 7. The summed E-state index contributed by atoms with van der Waals surface area (Å²) in [5.74, 6) is 2.42. The molecule has 2 aliphatic carbocycles. The highest BCUT2D eigenvalue weighted by molar-refractivity contribution is 6.03. The first-order chi connectivity index (χ1) is 15.7. The van der Waals surface area contributed by atoms with Gasteiger partial charge in [-0.25, -0.2) is 0 Å². The van der Waals surface area contributed by atoms with Gasteiger partial charge < -0.3 is 20.4 Å². The topological polar surface area (TPSA) is 66.2 Å². The third-order valence-corrected chi connectivity index (χ3v) is 7.91. The van der Waals surface area contributed by atoms with Gasteiger partial charge in [0.2, 0.25) is 5.91 Å². The fourth-order valence-electron chi connectivity index (χ4n) is 6.15. The average molecular weight is 464 g/mol. The highest BCUT2D eigenvalue weighted by Gasteiger charge is 2.46. The van der Waals surface area contributed by atoms with Crippen molar-refractivity contribution in [1.82, 2.24) is 10.3 Å². The molecule has 33 heavy (non-hydrogen) atoms. The fourth-order valence-corrected chi connectivity index (χ4v) is 6.15. The van der Waals surface area contributed by atoms with Crippen molar-refractivity contribution >= 4 is 22.5 Å². The van der Waals surface area contributed by atoms with Gasteiger partial charge in [-0.15, -0.1) is 0 Å². The highest BCUT2D eigenvalue weighted by Crippen LogP contribution is 2.45. The van der Waals surface area contributed by atoms with Crippen molar-refractivity contribution in [3.8, 4) is 5.75 Å². The maximum Gasteiger partial charge on any atom is 0.390 e. The van der Waals surface area contributed by atoms with Gasteiger partial charge in [-0.05, 0) is 80.5 Å². The lowest BCUT2D eigenvalue weighted by molar-refractivity contribution is -0.141. The molecule has 3 fully saturated rings. The van der Waals surface area contributed by atoms with E-state index in [1.165, 1.54) is 0 Å². The lowest BCUT2D eigenvalue weighted by atomic mass is 9.75. The van der Waals surface area contributed by atoms with Crippen molar-refractivity contribution in [3.63, 3.8) is 0 Å². The number of alkyl halides is 3. The summed E-state index contributed by atoms with van der Waals surface area (Å²) in [4.78, 5) is 15.6. The van der Waals surface area contributed by atoms with E-state index in [4.69, 9.17) is 4.74 Å². The van der Waals surface area contributed by atoms with Crippen LogP contribution in [0.5, 0.6) is 5.75 Å². The first-order valence-corrected chi connectivity index (χ1v) is 12.1. The molecule has 2 saturated carbocycles. The van der Waals surface area contributed by atoms with Gasteiger partial charge >= 0.3 is 6.18 Å². The summed E-state index contributed by atoms with van der Waals surface area (Å²) >= 11 is 0. The van der Waals surface area contributed by atoms with Gasteiger partial charge in [-0.1, -0.05) is 6.92 Å². The van der Waals surface area contributed by atoms with E-state index in [0.29, 0.717) is 30.9 Å². The molecule has 1 aromatic heterocycles. The molecule has 2 aromatic rings. The molecule has 4 atom stereocenters. The Bertz CT molecular complexity index is 998. The number of anilines is 1. The van der Waals surface area contributed by atoms with E-state index in [2.05, 4.69) is 22.5 Å². The molecule has 0 bridgehead atoms. The van der Waals surface area contributed by atoms with Gasteiger partial charge in [-0.2, -0.15) is 13.2 Å². The van der Waals surface area contributed by atoms with Crippen LogP contribution in [0, 0.1) is 29.6 Å². The summed E-state index contributed by atoms with van der Waals surface area (Å²) < 4.78 is 44.5. The van der Waals surface area contributed by atoms with Crippen LogP contribution in [0.25, 0.3) is 10.9 Å². The number of fused-ring (bicyclic) bond motifs is 2. The number of hydrogen-bond donors (Lipinski definition) is 3. The number of hydrogen-bond acceptors (Lipinski definition) is 3. The molecule has 3 N–H and O–H groups in total. The fraction of sp³-hybridized carbons (Fsp3) is 0.640. The number of aromatic nitrogens is 1. The monoisotopic (exact) mass is 463 g/mol. The minimum absolute atomic E-state index is 0.0745. The van der Waals surface area contributed by atoms with E-state index in [1.54, 1.807) is 0 Å². The van der Waals surface area contributed by atoms with E-state index in [9.17, 15) is 18.0 Å². The third kappa shape index (κ3) is 5.00. The standard InChI is InChI=1S/C25H32F3N3O2/c1-14-6-16(7-14)24(32)31-23-13-30-21-3-2-18(10-20(21)23)33-5-4-15-8-17-12-29-22(19(17)9-15)11-25(26,27)28/h2-3,10,13-17,19,22,29-30H,4-9,11-12H2,1H3,(H,31,32)/t14?,15-,16?,17+,19-,22-/m0/s1. The van der Waals surface area contributed by atoms with Crippen LogP contribution < -0.4 is 15.4 Å². The first-order valence-electron chi connectivity index (χ1n) is 12.1. The van der Waals surface area contributed by atoms with Crippen LogP contribution >= 0.6 is 0 Å². The van der Waals surface area contributed by atoms with Gasteiger partial charge in [0.1, 0.15) is 5.75 Å². The van der Waals surface area contributed by atoms with Crippen LogP contribution in [0.2, 0.25) is 0 Å². The predicted molar refractivity (Wildman–Crippen MR) is 121 cm³/mol. The molecule has 1 saturated heterocycles. The Morgan fingerprint density at radius 1 is 1.21 bits per heavy atom. The maximum absolute atomic E-state index is 12.8. The van der Waals surface area contributed by atoms with Crippen molar-refractivity contribution in [2.45, 2.75) is 57.7 Å². The van der Waals surface area contributed by atoms with Crippen LogP contribution in [0.3, 0.4) is 0 Å². The second-order valence-corrected chi connectivity index (χ2v) is 10.4. The number of H-pyrrole nitrogens is 1. The molecule has 0 unspecified atom stereocenters. The number of halogens is 3. The van der Waals surface area contributed by atoms with Gasteiger partial charge in [0.25, 0.3) is 0 Å². The van der Waals surface area contributed by atoms with Crippen molar-refractivity contribution in [2.24, 2.45) is 29.6 Å². The molecule has 1 aromatic carbocycles. The van der Waals surface area contributed by atoms with E-state index in [-0.39, 0.29) is 17.7 Å². The minimum Gasteiger partial charge on any atom is -0.494 e. The number of aromatic amines is 1. The summed E-state index contributed by atoms with van der Waals surface area (Å²) in [5, 5.41) is 7.05. The zero-order valence-electron chi connectivity index (χ0n) is 18.9. The zero-order valence-corrected chi connectivity index (χ0v) is 18.9. The second kappa shape index (κ2) is 8.85. The maximum atomic E-state index is 12.8. The summed E-state index contributed by atoms with van der Waals surface area (Å²) in [6.07, 6.45) is 1.52. The Morgan fingerprint density at radius 2 is 2.03 bits per heavy atom. The molecule has 0 spiro atoms. The number of benzene rings is 1. The van der Waals surface area contributed by atoms with E-state index in [0.717, 1.165) is 54.4 Å². The molecule has 2 heterocycles. The minimum atomic E-state index is -4.11. The summed E-state index contributed by atoms with van der Waals surface area (Å²) in [7, 11) is 0. The highest BCUT2D eigenvalue weighted by atomic mass is 19.4. The summed E-state index contributed by atoms with van der Waals surface area (Å²) in [6.45, 7) is 3.40. The van der Waals surface area contributed by atoms with E-state index >= 15 is 0 Å². The Morgan fingerprint density at radius 3 is 2.79 bits per heavy atom. The number of carbonyl (C=O) groups excluding carboxylic acids is 1. The molecular formula is C25H32F3N3O2. The van der Waals surface area contributed by atoms with Crippen molar-refractivity contribution in [3.05, 3.63) is 24.4 Å². The molecule has 5 nitrogen and oxygen atoms in total. The van der Waals surface area contributed by atoms with Gasteiger partial charge in [0, 0.05) is 29.1 Å². The van der Waals surface area contributed by atoms with Crippen LogP contribution in [0.15, 0.2) is 24.4 Å². The molecule has 0 radical (unpaired) electrons. The van der Waals surface area contributed by atoms with Gasteiger partial charge in [-0.3, -0.25) is 4.79 Å². The second-order valence-electron chi connectivity index (χ2n) is 10.4. The lowest BCUT2D eigenvalue weighted by Gasteiger charge is -2.31. The van der Waals surface area contributed by atoms with Crippen molar-refractivity contribution in [1.29, 1.82) is 0 Å². The van der Waals surface area contributed by atoms with Gasteiger partial charge in [0.05, 0.1) is 18.7 Å². The van der Waals surface area contributed by atoms with Crippen LogP contribution in [0.1, 0.15) is 45.4 Å². The smallest absolute Gasteiger partial charge is 0.390 e. The molecule has 180 valence electrons. The molecule has 1 amide bonds. The van der Waals surface area contributed by atoms with Crippen LogP contribution in [0.4, 0.5) is 18.9 Å². The zero-order chi connectivity index (χ0) is 23.2. The van der Waals surface area contributed by atoms with E-state index < -0.39 is 18.6 Å². The number of ether oxygens (including phenoxy) is 1. The Hall–Kier alpha value is -2.22. The summed E-state index contributed by atoms with van der Waals surface area (Å²) in [6, 6.07) is 5.36. The normalized spacial score (nSPS) is 31.4. The molecule has 5 rings (SSSR count). The molecule has 3 aliphatic rings. The van der Waals surface area contributed by atoms with E-state index in [1.807, 2.05) is 24.4 Å². The average Bonchev–Trinajstić information content (AvgIpc) is 3.41. The summed E-state index contributed by atoms with van der Waals surface area (Å²) in [5.41, 5.74) is 1.71. The quantitative estimate of drug-likeness (QED) is 0.509. The number of amides is 1. The third-order valence-electron chi connectivity index (χ3n) is 7.91. The molecular weight excluding hydrogens is 431 g/mol. The lowest BCUT2D eigenvalue weighted by Crippen LogP contribution is -2.33. The van der Waals surface area contributed by atoms with Crippen molar-refractivity contribution in [2.75, 3.05) is 18.5 Å². The largest absolute Gasteiger partial charge is 0.494 e. The van der Waals surface area contributed by atoms with Gasteiger partial charge in [0.15, 0.2) is 0 Å². The Balaban J connectivity index is 1.14. The molecule has 8 heteroatoms. The van der Waals surface area contributed by atoms with Crippen LogP contribution in [-0.2, 0) is 4.79 Å².